The van der Waals surface area contributed by atoms with Gasteiger partial charge in [0.2, 0.25) is 5.91 Å². The van der Waals surface area contributed by atoms with Gasteiger partial charge in [-0.05, 0) is 31.5 Å². The van der Waals surface area contributed by atoms with E-state index in [1.54, 1.807) is 18.2 Å². The van der Waals surface area contributed by atoms with Crippen LogP contribution in [-0.2, 0) is 16.0 Å². The van der Waals surface area contributed by atoms with E-state index in [0.717, 1.165) is 5.56 Å². The predicted octanol–water partition coefficient (Wildman–Crippen LogP) is 1.57. The molecule has 0 radical (unpaired) electrons. The number of carbonyl (C=O) groups excluding carboxylic acids is 1. The van der Waals surface area contributed by atoms with Crippen molar-refractivity contribution in [2.24, 2.45) is 0 Å². The number of aliphatic carboxylic acids is 1. The lowest BCUT2D eigenvalue weighted by atomic mass is 10.0. The van der Waals surface area contributed by atoms with Gasteiger partial charge in [-0.3, -0.25) is 4.79 Å². The monoisotopic (exact) mass is 295 g/mol. The van der Waals surface area contributed by atoms with Crippen LogP contribution >= 0.6 is 0 Å². The standard InChI is InChI=1S/C15H21NO5/c1-15(2,14(18)19)16(3)13(17)9-10-6-7-11(20-4)12(8-10)21-5/h6-8H,9H2,1-5H3,(H,18,19). The third kappa shape index (κ3) is 3.65. The van der Waals surface area contributed by atoms with Crippen molar-refractivity contribution < 1.29 is 24.2 Å². The highest BCUT2D eigenvalue weighted by molar-refractivity contribution is 5.87. The van der Waals surface area contributed by atoms with Crippen molar-refractivity contribution in [1.29, 1.82) is 0 Å². The minimum atomic E-state index is -1.26. The number of ether oxygens (including phenoxy) is 2. The van der Waals surface area contributed by atoms with Crippen LogP contribution in [0.15, 0.2) is 18.2 Å². The largest absolute Gasteiger partial charge is 0.493 e. The number of methoxy groups -OCH3 is 2. The number of carboxylic acids is 1. The number of likely N-dealkylation sites (N-methyl/N-ethyl adjacent to an activating group) is 1. The van der Waals surface area contributed by atoms with Gasteiger partial charge < -0.3 is 19.5 Å². The Morgan fingerprint density at radius 1 is 1.19 bits per heavy atom. The molecule has 0 spiro atoms. The van der Waals surface area contributed by atoms with Gasteiger partial charge in [0.25, 0.3) is 0 Å². The first kappa shape index (κ1) is 16.8. The minimum Gasteiger partial charge on any atom is -0.493 e. The Kier molecular flexibility index (Phi) is 5.18. The zero-order chi connectivity index (χ0) is 16.2. The molecule has 6 heteroatoms. The third-order valence-electron chi connectivity index (χ3n) is 3.54. The van der Waals surface area contributed by atoms with Crippen LogP contribution < -0.4 is 9.47 Å². The average Bonchev–Trinajstić information content (AvgIpc) is 2.45. The molecule has 1 rings (SSSR count). The third-order valence-corrected chi connectivity index (χ3v) is 3.54. The van der Waals surface area contributed by atoms with Crippen LogP contribution in [0.3, 0.4) is 0 Å². The lowest BCUT2D eigenvalue weighted by molar-refractivity contribution is -0.155. The molecule has 21 heavy (non-hydrogen) atoms. The van der Waals surface area contributed by atoms with Crippen molar-refractivity contribution in [3.63, 3.8) is 0 Å². The second-order valence-electron chi connectivity index (χ2n) is 5.18. The van der Waals surface area contributed by atoms with E-state index in [0.29, 0.717) is 11.5 Å². The van der Waals surface area contributed by atoms with Gasteiger partial charge in [-0.2, -0.15) is 0 Å². The molecule has 0 fully saturated rings. The first-order valence-corrected chi connectivity index (χ1v) is 6.45. The molecule has 0 aliphatic rings. The van der Waals surface area contributed by atoms with Gasteiger partial charge in [0.1, 0.15) is 5.54 Å². The maximum Gasteiger partial charge on any atom is 0.329 e. The summed E-state index contributed by atoms with van der Waals surface area (Å²) in [5.74, 6) is -0.226. The molecule has 0 saturated carbocycles. The van der Waals surface area contributed by atoms with E-state index in [2.05, 4.69) is 0 Å². The number of hydrogen-bond donors (Lipinski definition) is 1. The maximum atomic E-state index is 12.2. The Morgan fingerprint density at radius 3 is 2.24 bits per heavy atom. The highest BCUT2D eigenvalue weighted by atomic mass is 16.5. The van der Waals surface area contributed by atoms with E-state index in [-0.39, 0.29) is 12.3 Å². The van der Waals surface area contributed by atoms with Gasteiger partial charge in [-0.15, -0.1) is 0 Å². The fourth-order valence-electron chi connectivity index (χ4n) is 1.74. The van der Waals surface area contributed by atoms with Gasteiger partial charge >= 0.3 is 5.97 Å². The summed E-state index contributed by atoms with van der Waals surface area (Å²) in [6.45, 7) is 2.98. The fraction of sp³-hybridized carbons (Fsp3) is 0.467. The highest BCUT2D eigenvalue weighted by Gasteiger charge is 2.34. The normalized spacial score (nSPS) is 10.9. The van der Waals surface area contributed by atoms with Crippen LogP contribution in [0, 0.1) is 0 Å². The average molecular weight is 295 g/mol. The summed E-state index contributed by atoms with van der Waals surface area (Å²) in [5.41, 5.74) is -0.529. The van der Waals surface area contributed by atoms with Crippen molar-refractivity contribution in [2.75, 3.05) is 21.3 Å². The summed E-state index contributed by atoms with van der Waals surface area (Å²) >= 11 is 0. The van der Waals surface area contributed by atoms with E-state index in [4.69, 9.17) is 14.6 Å². The molecule has 116 valence electrons. The quantitative estimate of drug-likeness (QED) is 0.862. The Balaban J connectivity index is 2.91. The summed E-state index contributed by atoms with van der Waals surface area (Å²) in [5, 5.41) is 9.15. The molecule has 1 N–H and O–H groups in total. The summed E-state index contributed by atoms with van der Waals surface area (Å²) in [6.07, 6.45) is 0.0908. The molecule has 0 bridgehead atoms. The molecule has 0 aliphatic carbocycles. The van der Waals surface area contributed by atoms with Crippen LogP contribution in [0.1, 0.15) is 19.4 Å². The van der Waals surface area contributed by atoms with Gasteiger partial charge in [0.05, 0.1) is 20.6 Å². The minimum absolute atomic E-state index is 0.0908. The van der Waals surface area contributed by atoms with E-state index >= 15 is 0 Å². The molecule has 0 heterocycles. The number of hydrogen-bond acceptors (Lipinski definition) is 4. The van der Waals surface area contributed by atoms with E-state index < -0.39 is 11.5 Å². The summed E-state index contributed by atoms with van der Waals surface area (Å²) in [4.78, 5) is 24.6. The summed E-state index contributed by atoms with van der Waals surface area (Å²) < 4.78 is 10.3. The molecule has 0 atom stereocenters. The van der Waals surface area contributed by atoms with Crippen molar-refractivity contribution in [2.45, 2.75) is 25.8 Å². The second kappa shape index (κ2) is 6.47. The van der Waals surface area contributed by atoms with E-state index in [9.17, 15) is 9.59 Å². The first-order chi connectivity index (χ1) is 9.73. The lowest BCUT2D eigenvalue weighted by Gasteiger charge is -2.31. The molecule has 1 aromatic rings. The number of rotatable bonds is 6. The van der Waals surface area contributed by atoms with Gasteiger partial charge in [-0.1, -0.05) is 6.07 Å². The lowest BCUT2D eigenvalue weighted by Crippen LogP contribution is -2.51. The zero-order valence-electron chi connectivity index (χ0n) is 13.0. The summed E-state index contributed by atoms with van der Waals surface area (Å²) in [7, 11) is 4.53. The molecule has 0 aliphatic heterocycles. The fourth-order valence-corrected chi connectivity index (χ4v) is 1.74. The van der Waals surface area contributed by atoms with Crippen LogP contribution in [0.4, 0.5) is 0 Å². The topological polar surface area (TPSA) is 76.1 Å². The van der Waals surface area contributed by atoms with Crippen molar-refractivity contribution in [1.82, 2.24) is 4.90 Å². The van der Waals surface area contributed by atoms with Gasteiger partial charge in [0, 0.05) is 7.05 Å². The molecule has 6 nitrogen and oxygen atoms in total. The predicted molar refractivity (Wildman–Crippen MR) is 77.7 cm³/mol. The molecule has 0 unspecified atom stereocenters. The first-order valence-electron chi connectivity index (χ1n) is 6.45. The summed E-state index contributed by atoms with van der Waals surface area (Å²) in [6, 6.07) is 5.17. The number of amides is 1. The van der Waals surface area contributed by atoms with Crippen LogP contribution in [-0.4, -0.2) is 48.7 Å². The maximum absolute atomic E-state index is 12.2. The van der Waals surface area contributed by atoms with Gasteiger partial charge in [-0.25, -0.2) is 4.79 Å². The molecule has 1 aromatic carbocycles. The molecule has 0 saturated heterocycles. The van der Waals surface area contributed by atoms with Crippen LogP contribution in [0.25, 0.3) is 0 Å². The zero-order valence-corrected chi connectivity index (χ0v) is 13.0. The van der Waals surface area contributed by atoms with Crippen molar-refractivity contribution >= 4 is 11.9 Å². The Labute approximate surface area is 124 Å². The smallest absolute Gasteiger partial charge is 0.329 e. The molecular formula is C15H21NO5. The van der Waals surface area contributed by atoms with E-state index in [1.165, 1.54) is 40.0 Å². The Morgan fingerprint density at radius 2 is 1.76 bits per heavy atom. The highest BCUT2D eigenvalue weighted by Crippen LogP contribution is 2.28. The second-order valence-corrected chi connectivity index (χ2v) is 5.18. The Hall–Kier alpha value is -2.24. The number of carboxylic acid groups (broad SMARTS) is 1. The van der Waals surface area contributed by atoms with Crippen molar-refractivity contribution in [3.8, 4) is 11.5 Å². The molecular weight excluding hydrogens is 274 g/mol. The van der Waals surface area contributed by atoms with E-state index in [1.807, 2.05) is 0 Å². The van der Waals surface area contributed by atoms with Crippen LogP contribution in [0.5, 0.6) is 11.5 Å². The van der Waals surface area contributed by atoms with Gasteiger partial charge in [0.15, 0.2) is 11.5 Å². The van der Waals surface area contributed by atoms with Crippen LogP contribution in [0.2, 0.25) is 0 Å². The van der Waals surface area contributed by atoms with Crippen molar-refractivity contribution in [3.05, 3.63) is 23.8 Å². The molecule has 0 aromatic heterocycles. The molecule has 1 amide bonds. The number of carbonyl (C=O) groups is 2. The number of nitrogens with zero attached hydrogens (tertiary/aromatic N) is 1. The number of benzene rings is 1. The Bertz CT molecular complexity index is 539. The SMILES string of the molecule is COc1ccc(CC(=O)N(C)C(C)(C)C(=O)O)cc1OC.